The van der Waals surface area contributed by atoms with Crippen LogP contribution in [-0.2, 0) is 14.6 Å². The molecule has 0 aromatic heterocycles. The van der Waals surface area contributed by atoms with Gasteiger partial charge in [-0.15, -0.1) is 0 Å². The fourth-order valence-electron chi connectivity index (χ4n) is 1.25. The molecule has 0 heterocycles. The summed E-state index contributed by atoms with van der Waals surface area (Å²) in [5.41, 5.74) is 0. The minimum atomic E-state index is -4.07. The lowest BCUT2D eigenvalue weighted by molar-refractivity contribution is 0.169. The summed E-state index contributed by atoms with van der Waals surface area (Å²) in [6.45, 7) is 0. The number of nitrogens with one attached hydrogen (secondary N) is 1. The van der Waals surface area contributed by atoms with E-state index in [0.717, 1.165) is 7.11 Å². The van der Waals surface area contributed by atoms with Gasteiger partial charge in [0.15, 0.2) is 5.37 Å². The predicted octanol–water partition coefficient (Wildman–Crippen LogP) is 2.51. The molecule has 9 heteroatoms. The van der Waals surface area contributed by atoms with E-state index in [0.29, 0.717) is 0 Å². The van der Waals surface area contributed by atoms with Crippen LogP contribution in [0.3, 0.4) is 0 Å². The third kappa shape index (κ3) is 4.14. The molecule has 0 saturated carbocycles. The van der Waals surface area contributed by atoms with E-state index in [1.54, 1.807) is 6.07 Å². The maximum Gasteiger partial charge on any atom is 0.408 e. The maximum atomic E-state index is 12.3. The first-order valence-corrected chi connectivity index (χ1v) is 7.57. The Balaban J connectivity index is 3.22. The summed E-state index contributed by atoms with van der Waals surface area (Å²) in [6.07, 6.45) is -1.02. The van der Waals surface area contributed by atoms with Crippen LogP contribution in [0.2, 0.25) is 0 Å². The van der Waals surface area contributed by atoms with E-state index in [1.165, 1.54) is 24.3 Å². The maximum absolute atomic E-state index is 12.3. The summed E-state index contributed by atoms with van der Waals surface area (Å²) in [5, 5.41) is 0.236. The average Bonchev–Trinajstić information content (AvgIpc) is 2.35. The van der Waals surface area contributed by atoms with Gasteiger partial charge in [0, 0.05) is 0 Å². The second kappa shape index (κ2) is 6.17. The van der Waals surface area contributed by atoms with Crippen LogP contribution in [0, 0.1) is 0 Å². The highest BCUT2D eigenvalue weighted by atomic mass is 35.6. The first-order chi connectivity index (χ1) is 8.69. The number of carbonyl (C=O) groups excluding carboxylic acids is 1. The molecule has 19 heavy (non-hydrogen) atoms. The van der Waals surface area contributed by atoms with Crippen molar-refractivity contribution in [2.24, 2.45) is 0 Å². The van der Waals surface area contributed by atoms with Crippen molar-refractivity contribution in [1.82, 2.24) is 5.32 Å². The van der Waals surface area contributed by atoms with E-state index in [-0.39, 0.29) is 4.90 Å². The number of hydrogen-bond donors (Lipinski definition) is 1. The minimum Gasteiger partial charge on any atom is -0.453 e. The second-order valence-corrected chi connectivity index (χ2v) is 7.82. The quantitative estimate of drug-likeness (QED) is 0.854. The standard InChI is InChI=1S/C10H10Cl3NO4S/c1-18-9(15)14-8(10(11,12)13)19(16,17)7-5-3-2-4-6-7/h2-6,8H,1H3,(H,14,15)/t8-/m1/s1. The Bertz CT molecular complexity index is 542. The van der Waals surface area contributed by atoms with Crippen molar-refractivity contribution in [1.29, 1.82) is 0 Å². The fraction of sp³-hybridized carbons (Fsp3) is 0.300. The number of halogens is 3. The summed E-state index contributed by atoms with van der Waals surface area (Å²) >= 11 is 16.8. The predicted molar refractivity (Wildman–Crippen MR) is 73.2 cm³/mol. The Morgan fingerprint density at radius 1 is 1.26 bits per heavy atom. The smallest absolute Gasteiger partial charge is 0.408 e. The first kappa shape index (κ1) is 16.4. The molecule has 0 fully saturated rings. The van der Waals surface area contributed by atoms with E-state index in [2.05, 4.69) is 4.74 Å². The van der Waals surface area contributed by atoms with Gasteiger partial charge in [-0.25, -0.2) is 13.2 Å². The summed E-state index contributed by atoms with van der Waals surface area (Å²) in [4.78, 5) is 11.1. The van der Waals surface area contributed by atoms with Gasteiger partial charge in [-0.05, 0) is 12.1 Å². The molecule has 1 N–H and O–H groups in total. The van der Waals surface area contributed by atoms with Crippen molar-refractivity contribution in [3.63, 3.8) is 0 Å². The van der Waals surface area contributed by atoms with Crippen LogP contribution in [0.25, 0.3) is 0 Å². The van der Waals surface area contributed by atoms with Crippen LogP contribution in [0.15, 0.2) is 35.2 Å². The van der Waals surface area contributed by atoms with Crippen molar-refractivity contribution in [2.45, 2.75) is 14.1 Å². The number of methoxy groups -OCH3 is 1. The molecule has 1 aromatic rings. The number of benzene rings is 1. The van der Waals surface area contributed by atoms with E-state index in [9.17, 15) is 13.2 Å². The largest absolute Gasteiger partial charge is 0.453 e. The zero-order valence-corrected chi connectivity index (χ0v) is 12.7. The summed E-state index contributed by atoms with van der Waals surface area (Å²) in [6, 6.07) is 7.33. The highest BCUT2D eigenvalue weighted by Gasteiger charge is 2.44. The van der Waals surface area contributed by atoms with E-state index in [4.69, 9.17) is 34.8 Å². The summed E-state index contributed by atoms with van der Waals surface area (Å²) < 4.78 is 26.7. The summed E-state index contributed by atoms with van der Waals surface area (Å²) in [7, 11) is -3.00. The third-order valence-corrected chi connectivity index (χ3v) is 5.18. The molecular weight excluding hydrogens is 337 g/mol. The lowest BCUT2D eigenvalue weighted by atomic mass is 10.4. The van der Waals surface area contributed by atoms with Crippen LogP contribution in [0.1, 0.15) is 0 Å². The monoisotopic (exact) mass is 345 g/mol. The average molecular weight is 347 g/mol. The molecule has 0 spiro atoms. The lowest BCUT2D eigenvalue weighted by Crippen LogP contribution is -2.49. The molecule has 0 radical (unpaired) electrons. The molecule has 0 aliphatic heterocycles. The highest BCUT2D eigenvalue weighted by molar-refractivity contribution is 7.92. The van der Waals surface area contributed by atoms with Crippen molar-refractivity contribution < 1.29 is 17.9 Å². The van der Waals surface area contributed by atoms with Gasteiger partial charge in [-0.3, -0.25) is 0 Å². The van der Waals surface area contributed by atoms with Crippen molar-refractivity contribution in [3.8, 4) is 0 Å². The topological polar surface area (TPSA) is 72.5 Å². The molecule has 0 bridgehead atoms. The Kier molecular flexibility index (Phi) is 5.32. The molecule has 1 aromatic carbocycles. The molecule has 0 aliphatic rings. The number of hydrogen-bond acceptors (Lipinski definition) is 4. The normalized spacial score (nSPS) is 13.7. The van der Waals surface area contributed by atoms with E-state index < -0.39 is 25.1 Å². The van der Waals surface area contributed by atoms with Crippen molar-refractivity contribution in [3.05, 3.63) is 30.3 Å². The number of amides is 1. The van der Waals surface area contributed by atoms with Gasteiger partial charge < -0.3 is 10.1 Å². The third-order valence-electron chi connectivity index (χ3n) is 2.11. The van der Waals surface area contributed by atoms with Crippen molar-refractivity contribution in [2.75, 3.05) is 7.11 Å². The van der Waals surface area contributed by atoms with E-state index in [1.807, 2.05) is 5.32 Å². The van der Waals surface area contributed by atoms with Gasteiger partial charge in [0.05, 0.1) is 12.0 Å². The van der Waals surface area contributed by atoms with Gasteiger partial charge in [-0.2, -0.15) is 0 Å². The number of ether oxygens (including phenoxy) is 1. The molecule has 1 atom stereocenters. The molecule has 5 nitrogen and oxygen atoms in total. The first-order valence-electron chi connectivity index (χ1n) is 4.89. The van der Waals surface area contributed by atoms with Crippen LogP contribution in [0.4, 0.5) is 4.79 Å². The van der Waals surface area contributed by atoms with E-state index >= 15 is 0 Å². The molecule has 1 amide bonds. The van der Waals surface area contributed by atoms with Gasteiger partial charge in [-0.1, -0.05) is 53.0 Å². The Hall–Kier alpha value is -0.690. The van der Waals surface area contributed by atoms with Gasteiger partial charge in [0.1, 0.15) is 0 Å². The Morgan fingerprint density at radius 3 is 2.21 bits per heavy atom. The Labute approximate surface area is 125 Å². The van der Waals surface area contributed by atoms with Gasteiger partial charge in [0.25, 0.3) is 0 Å². The molecule has 1 rings (SSSR count). The number of carbonyl (C=O) groups is 1. The molecule has 106 valence electrons. The highest BCUT2D eigenvalue weighted by Crippen LogP contribution is 2.35. The molecule has 0 saturated heterocycles. The number of sulfone groups is 1. The van der Waals surface area contributed by atoms with Crippen LogP contribution < -0.4 is 5.32 Å². The van der Waals surface area contributed by atoms with Crippen molar-refractivity contribution >= 4 is 50.7 Å². The van der Waals surface area contributed by atoms with Crippen LogP contribution in [-0.4, -0.2) is 30.8 Å². The van der Waals surface area contributed by atoms with Crippen LogP contribution in [0.5, 0.6) is 0 Å². The second-order valence-electron chi connectivity index (χ2n) is 3.42. The number of rotatable bonds is 3. The van der Waals surface area contributed by atoms with Gasteiger partial charge in [0.2, 0.25) is 13.6 Å². The molecular formula is C10H10Cl3NO4S. The minimum absolute atomic E-state index is 0.0808. The Morgan fingerprint density at radius 2 is 1.79 bits per heavy atom. The zero-order chi connectivity index (χ0) is 14.7. The van der Waals surface area contributed by atoms with Crippen LogP contribution >= 0.6 is 34.8 Å². The SMILES string of the molecule is COC(=O)N[C@@H](C(Cl)(Cl)Cl)S(=O)(=O)c1ccccc1. The van der Waals surface area contributed by atoms with Gasteiger partial charge >= 0.3 is 6.09 Å². The lowest BCUT2D eigenvalue weighted by Gasteiger charge is -2.24. The zero-order valence-electron chi connectivity index (χ0n) is 9.64. The fourth-order valence-corrected chi connectivity index (χ4v) is 3.88. The molecule has 0 aliphatic carbocycles. The number of alkyl carbamates (subject to hydrolysis) is 1. The number of alkyl halides is 3. The summed E-state index contributed by atoms with van der Waals surface area (Å²) in [5.74, 6) is 0. The molecule has 0 unspecified atom stereocenters.